The molecule has 5 nitrogen and oxygen atoms in total. The number of rotatable bonds is 4. The maximum Gasteiger partial charge on any atom is 0.359 e. The molecule has 1 amide bonds. The van der Waals surface area contributed by atoms with E-state index in [1.54, 1.807) is 0 Å². The summed E-state index contributed by atoms with van der Waals surface area (Å²) in [5.41, 5.74) is -0.0927. The highest BCUT2D eigenvalue weighted by Gasteiger charge is 2.27. The van der Waals surface area contributed by atoms with Crippen molar-refractivity contribution in [2.24, 2.45) is 5.92 Å². The first-order valence-corrected chi connectivity index (χ1v) is 8.47. The van der Waals surface area contributed by atoms with E-state index in [-0.39, 0.29) is 27.8 Å². The molecule has 0 aromatic carbocycles. The molecule has 1 aromatic heterocycles. The SMILES string of the molecule is C[C@H](OC(=O)c1nc(Cl)ccc1Cl)C(=O)N[C@@H]1CCCC[C@H]1C. The van der Waals surface area contributed by atoms with Crippen molar-refractivity contribution < 1.29 is 14.3 Å². The molecule has 1 N–H and O–H groups in total. The summed E-state index contributed by atoms with van der Waals surface area (Å²) >= 11 is 11.7. The Bertz CT molecular complexity index is 595. The van der Waals surface area contributed by atoms with Gasteiger partial charge in [0, 0.05) is 6.04 Å². The fourth-order valence-electron chi connectivity index (χ4n) is 2.66. The van der Waals surface area contributed by atoms with Crippen LogP contribution >= 0.6 is 23.2 Å². The third-order valence-corrected chi connectivity index (χ3v) is 4.61. The van der Waals surface area contributed by atoms with Gasteiger partial charge >= 0.3 is 5.97 Å². The molecule has 0 unspecified atom stereocenters. The van der Waals surface area contributed by atoms with E-state index in [1.165, 1.54) is 25.5 Å². The number of hydrogen-bond acceptors (Lipinski definition) is 4. The third-order valence-electron chi connectivity index (χ3n) is 4.10. The highest BCUT2D eigenvalue weighted by atomic mass is 35.5. The fraction of sp³-hybridized carbons (Fsp3) is 0.562. The predicted octanol–water partition coefficient (Wildman–Crippen LogP) is 3.63. The third kappa shape index (κ3) is 4.82. The first-order valence-electron chi connectivity index (χ1n) is 7.72. The number of amides is 1. The number of pyridine rings is 1. The number of nitrogens with one attached hydrogen (secondary N) is 1. The second-order valence-corrected chi connectivity index (χ2v) is 6.68. The van der Waals surface area contributed by atoms with Gasteiger partial charge in [0.25, 0.3) is 5.91 Å². The Morgan fingerprint density at radius 2 is 2.00 bits per heavy atom. The maximum atomic E-state index is 12.2. The summed E-state index contributed by atoms with van der Waals surface area (Å²) in [5.74, 6) is -0.647. The van der Waals surface area contributed by atoms with Crippen LogP contribution in [-0.4, -0.2) is 29.0 Å². The Hall–Kier alpha value is -1.33. The molecule has 1 aliphatic carbocycles. The van der Waals surface area contributed by atoms with Gasteiger partial charge in [-0.25, -0.2) is 9.78 Å². The van der Waals surface area contributed by atoms with E-state index in [9.17, 15) is 9.59 Å². The van der Waals surface area contributed by atoms with Crippen LogP contribution in [0.3, 0.4) is 0 Å². The Morgan fingerprint density at radius 3 is 2.70 bits per heavy atom. The molecule has 3 atom stereocenters. The van der Waals surface area contributed by atoms with Gasteiger partial charge in [-0.15, -0.1) is 0 Å². The second kappa shape index (κ2) is 7.97. The Morgan fingerprint density at radius 1 is 1.30 bits per heavy atom. The molecule has 1 fully saturated rings. The summed E-state index contributed by atoms with van der Waals surface area (Å²) in [6.45, 7) is 3.65. The monoisotopic (exact) mass is 358 g/mol. The van der Waals surface area contributed by atoms with E-state index in [2.05, 4.69) is 17.2 Å². The normalized spacial score (nSPS) is 22.3. The van der Waals surface area contributed by atoms with Crippen molar-refractivity contribution >= 4 is 35.1 Å². The quantitative estimate of drug-likeness (QED) is 0.659. The van der Waals surface area contributed by atoms with Gasteiger partial charge in [0.15, 0.2) is 11.8 Å². The number of halogens is 2. The van der Waals surface area contributed by atoms with Crippen LogP contribution in [-0.2, 0) is 9.53 Å². The van der Waals surface area contributed by atoms with Gasteiger partial charge in [0.05, 0.1) is 5.02 Å². The molecule has 0 saturated heterocycles. The predicted molar refractivity (Wildman–Crippen MR) is 88.7 cm³/mol. The van der Waals surface area contributed by atoms with E-state index >= 15 is 0 Å². The summed E-state index contributed by atoms with van der Waals surface area (Å²) in [7, 11) is 0. The summed E-state index contributed by atoms with van der Waals surface area (Å²) in [5, 5.41) is 3.22. The zero-order chi connectivity index (χ0) is 17.0. The lowest BCUT2D eigenvalue weighted by Gasteiger charge is -2.30. The van der Waals surface area contributed by atoms with Crippen LogP contribution in [0.4, 0.5) is 0 Å². The first kappa shape index (κ1) is 18.0. The largest absolute Gasteiger partial charge is 0.448 e. The van der Waals surface area contributed by atoms with Crippen LogP contribution in [0.1, 0.15) is 50.0 Å². The molecule has 1 aliphatic rings. The Balaban J connectivity index is 1.94. The van der Waals surface area contributed by atoms with Gasteiger partial charge in [-0.3, -0.25) is 4.79 Å². The van der Waals surface area contributed by atoms with Crippen LogP contribution < -0.4 is 5.32 Å². The van der Waals surface area contributed by atoms with E-state index in [1.807, 2.05) is 0 Å². The number of carbonyl (C=O) groups is 2. The highest BCUT2D eigenvalue weighted by Crippen LogP contribution is 2.24. The molecule has 1 aromatic rings. The minimum absolute atomic E-state index is 0.0927. The van der Waals surface area contributed by atoms with Crippen LogP contribution in [0.2, 0.25) is 10.2 Å². The minimum Gasteiger partial charge on any atom is -0.448 e. The van der Waals surface area contributed by atoms with E-state index in [4.69, 9.17) is 27.9 Å². The molecule has 7 heteroatoms. The lowest BCUT2D eigenvalue weighted by Crippen LogP contribution is -2.46. The molecule has 0 aliphatic heterocycles. The molecule has 126 valence electrons. The number of aromatic nitrogens is 1. The molecular formula is C16H20Cl2N2O3. The van der Waals surface area contributed by atoms with Crippen LogP contribution in [0, 0.1) is 5.92 Å². The summed E-state index contributed by atoms with van der Waals surface area (Å²) in [6.07, 6.45) is 3.42. The number of ether oxygens (including phenoxy) is 1. The number of hydrogen-bond donors (Lipinski definition) is 1. The van der Waals surface area contributed by atoms with E-state index < -0.39 is 12.1 Å². The Labute approximate surface area is 145 Å². The zero-order valence-electron chi connectivity index (χ0n) is 13.1. The summed E-state index contributed by atoms with van der Waals surface area (Å²) in [6, 6.07) is 3.06. The fourth-order valence-corrected chi connectivity index (χ4v) is 2.99. The molecule has 0 spiro atoms. The Kier molecular flexibility index (Phi) is 6.25. The first-order chi connectivity index (χ1) is 10.9. The topological polar surface area (TPSA) is 68.3 Å². The number of carbonyl (C=O) groups excluding carboxylic acids is 2. The number of nitrogens with zero attached hydrogens (tertiary/aromatic N) is 1. The smallest absolute Gasteiger partial charge is 0.359 e. The van der Waals surface area contributed by atoms with Crippen molar-refractivity contribution in [2.75, 3.05) is 0 Å². The zero-order valence-corrected chi connectivity index (χ0v) is 14.7. The van der Waals surface area contributed by atoms with Crippen LogP contribution in [0.5, 0.6) is 0 Å². The van der Waals surface area contributed by atoms with Crippen molar-refractivity contribution in [1.82, 2.24) is 10.3 Å². The summed E-state index contributed by atoms with van der Waals surface area (Å²) < 4.78 is 5.15. The molecule has 2 rings (SSSR count). The van der Waals surface area contributed by atoms with Gasteiger partial charge in [-0.1, -0.05) is 43.0 Å². The van der Waals surface area contributed by atoms with Crippen molar-refractivity contribution in [3.8, 4) is 0 Å². The van der Waals surface area contributed by atoms with E-state index in [0.717, 1.165) is 19.3 Å². The van der Waals surface area contributed by atoms with Gasteiger partial charge < -0.3 is 10.1 Å². The van der Waals surface area contributed by atoms with Gasteiger partial charge in [0.1, 0.15) is 5.15 Å². The standard InChI is InChI=1S/C16H20Cl2N2O3/c1-9-5-3-4-6-12(9)19-15(21)10(2)23-16(22)14-11(17)7-8-13(18)20-14/h7-10,12H,3-6H2,1-2H3,(H,19,21)/t9-,10+,12-/m1/s1. The number of esters is 1. The lowest BCUT2D eigenvalue weighted by atomic mass is 9.86. The van der Waals surface area contributed by atoms with Gasteiger partial charge in [-0.2, -0.15) is 0 Å². The van der Waals surface area contributed by atoms with Crippen LogP contribution in [0.15, 0.2) is 12.1 Å². The average molecular weight is 359 g/mol. The molecule has 23 heavy (non-hydrogen) atoms. The molecule has 0 bridgehead atoms. The maximum absolute atomic E-state index is 12.2. The highest BCUT2D eigenvalue weighted by molar-refractivity contribution is 6.34. The van der Waals surface area contributed by atoms with Crippen molar-refractivity contribution in [2.45, 2.75) is 51.7 Å². The van der Waals surface area contributed by atoms with Gasteiger partial charge in [0.2, 0.25) is 0 Å². The van der Waals surface area contributed by atoms with Crippen molar-refractivity contribution in [3.63, 3.8) is 0 Å². The average Bonchev–Trinajstić information content (AvgIpc) is 2.51. The summed E-state index contributed by atoms with van der Waals surface area (Å²) in [4.78, 5) is 28.1. The van der Waals surface area contributed by atoms with Crippen LogP contribution in [0.25, 0.3) is 0 Å². The molecular weight excluding hydrogens is 339 g/mol. The molecule has 1 heterocycles. The van der Waals surface area contributed by atoms with E-state index in [0.29, 0.717) is 5.92 Å². The second-order valence-electron chi connectivity index (χ2n) is 5.89. The molecule has 1 saturated carbocycles. The van der Waals surface area contributed by atoms with Crippen molar-refractivity contribution in [3.05, 3.63) is 28.0 Å². The molecule has 0 radical (unpaired) electrons. The van der Waals surface area contributed by atoms with Crippen molar-refractivity contribution in [1.29, 1.82) is 0 Å². The minimum atomic E-state index is -0.923. The lowest BCUT2D eigenvalue weighted by molar-refractivity contribution is -0.130. The van der Waals surface area contributed by atoms with Gasteiger partial charge in [-0.05, 0) is 37.8 Å².